The van der Waals surface area contributed by atoms with Gasteiger partial charge >= 0.3 is 0 Å². The van der Waals surface area contributed by atoms with E-state index < -0.39 is 6.04 Å². The van der Waals surface area contributed by atoms with Gasteiger partial charge in [0.05, 0.1) is 6.10 Å². The molecule has 3 fully saturated rings. The number of rotatable bonds is 6. The summed E-state index contributed by atoms with van der Waals surface area (Å²) in [4.78, 5) is 27.1. The zero-order valence-corrected chi connectivity index (χ0v) is 19.5. The molecule has 7 heteroatoms. The number of amides is 2. The number of hydrogen-bond acceptors (Lipinski definition) is 5. The predicted octanol–water partition coefficient (Wildman–Crippen LogP) is 3.28. The Labute approximate surface area is 195 Å². The Morgan fingerprint density at radius 1 is 1.03 bits per heavy atom. The quantitative estimate of drug-likeness (QED) is 0.691. The summed E-state index contributed by atoms with van der Waals surface area (Å²) >= 11 is 0. The molecule has 7 nitrogen and oxygen atoms in total. The van der Waals surface area contributed by atoms with E-state index in [4.69, 9.17) is 9.47 Å². The molecule has 33 heavy (non-hydrogen) atoms. The van der Waals surface area contributed by atoms with E-state index in [1.54, 1.807) is 4.90 Å². The van der Waals surface area contributed by atoms with E-state index >= 15 is 0 Å². The molecule has 5 rings (SSSR count). The number of nitrogens with zero attached hydrogens (tertiary/aromatic N) is 1. The van der Waals surface area contributed by atoms with Gasteiger partial charge in [0.15, 0.2) is 0 Å². The van der Waals surface area contributed by atoms with Crippen LogP contribution in [0.2, 0.25) is 0 Å². The average Bonchev–Trinajstić information content (AvgIpc) is 3.39. The van der Waals surface area contributed by atoms with Crippen LogP contribution in [0.1, 0.15) is 73.7 Å². The molecule has 2 aliphatic heterocycles. The SMILES string of the molecule is C=C1CCC(N2Cc3cc(O[C@@H]4CCCC[C@H]4NC4CCCC4OC)ccc3C2=O)C(=O)N1. The number of allylic oxidation sites excluding steroid dienone is 1. The minimum absolute atomic E-state index is 0.0757. The van der Waals surface area contributed by atoms with Crippen molar-refractivity contribution in [3.8, 4) is 5.75 Å². The van der Waals surface area contributed by atoms with Crippen molar-refractivity contribution < 1.29 is 19.1 Å². The summed E-state index contributed by atoms with van der Waals surface area (Å²) < 4.78 is 12.2. The van der Waals surface area contributed by atoms with Crippen LogP contribution in [-0.4, -0.2) is 54.2 Å². The van der Waals surface area contributed by atoms with Gasteiger partial charge < -0.3 is 25.0 Å². The fourth-order valence-electron chi connectivity index (χ4n) is 5.98. The van der Waals surface area contributed by atoms with Gasteiger partial charge in [0.1, 0.15) is 17.9 Å². The zero-order valence-electron chi connectivity index (χ0n) is 19.5. The second-order valence-corrected chi connectivity index (χ2v) is 9.92. The van der Waals surface area contributed by atoms with Gasteiger partial charge in [-0.1, -0.05) is 13.0 Å². The van der Waals surface area contributed by atoms with Crippen LogP contribution in [0, 0.1) is 0 Å². The van der Waals surface area contributed by atoms with Crippen LogP contribution in [0.15, 0.2) is 30.5 Å². The number of piperidine rings is 1. The highest BCUT2D eigenvalue weighted by Gasteiger charge is 2.39. The van der Waals surface area contributed by atoms with Gasteiger partial charge in [-0.15, -0.1) is 0 Å². The molecule has 1 aromatic carbocycles. The molecule has 2 aliphatic carbocycles. The lowest BCUT2D eigenvalue weighted by atomic mass is 9.91. The standard InChI is InChI=1S/C26H35N3O4/c1-16-10-13-22(25(30)27-16)29-15-17-14-18(11-12-19(17)26(29)31)33-24-8-4-3-6-21(24)28-20-7-5-9-23(20)32-2/h11-12,14,20-24,28H,1,3-10,13,15H2,2H3,(H,27,30)/t20?,21-,22?,23?,24-/m1/s1. The Hall–Kier alpha value is -2.38. The van der Waals surface area contributed by atoms with Crippen molar-refractivity contribution in [2.24, 2.45) is 0 Å². The summed E-state index contributed by atoms with van der Waals surface area (Å²) in [6.45, 7) is 4.28. The van der Waals surface area contributed by atoms with Crippen molar-refractivity contribution in [1.82, 2.24) is 15.5 Å². The number of nitrogens with one attached hydrogen (secondary N) is 2. The lowest BCUT2D eigenvalue weighted by Gasteiger charge is -2.35. The predicted molar refractivity (Wildman–Crippen MR) is 125 cm³/mol. The molecule has 5 atom stereocenters. The monoisotopic (exact) mass is 453 g/mol. The minimum Gasteiger partial charge on any atom is -0.489 e. The van der Waals surface area contributed by atoms with E-state index in [9.17, 15) is 9.59 Å². The van der Waals surface area contributed by atoms with Gasteiger partial charge in [-0.2, -0.15) is 0 Å². The summed E-state index contributed by atoms with van der Waals surface area (Å²) in [5.74, 6) is 0.591. The number of methoxy groups -OCH3 is 1. The smallest absolute Gasteiger partial charge is 0.255 e. The Balaban J connectivity index is 1.26. The third-order valence-corrected chi connectivity index (χ3v) is 7.78. The topological polar surface area (TPSA) is 79.9 Å². The molecule has 0 spiro atoms. The summed E-state index contributed by atoms with van der Waals surface area (Å²) in [6, 6.07) is 6.02. The fraction of sp³-hybridized carbons (Fsp3) is 0.615. The first-order valence-electron chi connectivity index (χ1n) is 12.4. The van der Waals surface area contributed by atoms with Crippen molar-refractivity contribution in [3.63, 3.8) is 0 Å². The van der Waals surface area contributed by atoms with Gasteiger partial charge in [-0.25, -0.2) is 0 Å². The summed E-state index contributed by atoms with van der Waals surface area (Å²) in [7, 11) is 1.81. The molecule has 2 amide bonds. The highest BCUT2D eigenvalue weighted by Crippen LogP contribution is 2.33. The van der Waals surface area contributed by atoms with E-state index in [1.807, 2.05) is 25.3 Å². The molecule has 2 N–H and O–H groups in total. The maximum absolute atomic E-state index is 13.0. The Kier molecular flexibility index (Phi) is 6.43. The van der Waals surface area contributed by atoms with Crippen LogP contribution in [0.3, 0.4) is 0 Å². The molecule has 0 radical (unpaired) electrons. The van der Waals surface area contributed by atoms with Crippen LogP contribution >= 0.6 is 0 Å². The molecular weight excluding hydrogens is 418 g/mol. The Morgan fingerprint density at radius 3 is 2.61 bits per heavy atom. The van der Waals surface area contributed by atoms with Crippen molar-refractivity contribution in [3.05, 3.63) is 41.6 Å². The molecule has 1 saturated heterocycles. The molecule has 4 aliphatic rings. The molecular formula is C26H35N3O4. The summed E-state index contributed by atoms with van der Waals surface area (Å²) in [5, 5.41) is 6.64. The van der Waals surface area contributed by atoms with E-state index in [1.165, 1.54) is 19.3 Å². The van der Waals surface area contributed by atoms with Crippen LogP contribution in [-0.2, 0) is 16.1 Å². The molecule has 0 aromatic heterocycles. The first kappa shape index (κ1) is 22.4. The number of benzene rings is 1. The van der Waals surface area contributed by atoms with Crippen LogP contribution in [0.4, 0.5) is 0 Å². The van der Waals surface area contributed by atoms with Gasteiger partial charge in [0, 0.05) is 37.0 Å². The molecule has 0 bridgehead atoms. The van der Waals surface area contributed by atoms with Crippen molar-refractivity contribution in [2.75, 3.05) is 7.11 Å². The number of fused-ring (bicyclic) bond motifs is 1. The Morgan fingerprint density at radius 2 is 1.79 bits per heavy atom. The Bertz CT molecular complexity index is 932. The third-order valence-electron chi connectivity index (χ3n) is 7.78. The maximum Gasteiger partial charge on any atom is 0.255 e. The molecule has 1 aromatic rings. The van der Waals surface area contributed by atoms with Gasteiger partial charge in [0.25, 0.3) is 5.91 Å². The first-order valence-corrected chi connectivity index (χ1v) is 12.4. The fourth-order valence-corrected chi connectivity index (χ4v) is 5.98. The summed E-state index contributed by atoms with van der Waals surface area (Å²) in [6.07, 6.45) is 9.71. The van der Waals surface area contributed by atoms with Crippen LogP contribution < -0.4 is 15.4 Å². The lowest BCUT2D eigenvalue weighted by Crippen LogP contribution is -2.51. The largest absolute Gasteiger partial charge is 0.489 e. The number of ether oxygens (including phenoxy) is 2. The van der Waals surface area contributed by atoms with Gasteiger partial charge in [0.2, 0.25) is 5.91 Å². The molecule has 3 unspecified atom stereocenters. The molecule has 2 saturated carbocycles. The average molecular weight is 454 g/mol. The van der Waals surface area contributed by atoms with Crippen molar-refractivity contribution >= 4 is 11.8 Å². The van der Waals surface area contributed by atoms with Gasteiger partial charge in [-0.05, 0) is 75.1 Å². The lowest BCUT2D eigenvalue weighted by molar-refractivity contribution is -0.126. The summed E-state index contributed by atoms with van der Waals surface area (Å²) in [5.41, 5.74) is 2.33. The van der Waals surface area contributed by atoms with Crippen LogP contribution in [0.5, 0.6) is 5.75 Å². The first-order chi connectivity index (χ1) is 16.0. The highest BCUT2D eigenvalue weighted by atomic mass is 16.5. The van der Waals surface area contributed by atoms with Crippen molar-refractivity contribution in [2.45, 2.75) is 94.7 Å². The van der Waals surface area contributed by atoms with E-state index in [0.29, 0.717) is 43.1 Å². The highest BCUT2D eigenvalue weighted by molar-refractivity contribution is 6.01. The van der Waals surface area contributed by atoms with E-state index in [0.717, 1.165) is 42.7 Å². The van der Waals surface area contributed by atoms with E-state index in [2.05, 4.69) is 17.2 Å². The normalized spacial score (nSPS) is 32.1. The maximum atomic E-state index is 13.0. The minimum atomic E-state index is -0.438. The molecule has 178 valence electrons. The number of carbonyl (C=O) groups is 2. The van der Waals surface area contributed by atoms with Crippen molar-refractivity contribution in [1.29, 1.82) is 0 Å². The van der Waals surface area contributed by atoms with Gasteiger partial charge in [-0.3, -0.25) is 9.59 Å². The van der Waals surface area contributed by atoms with Crippen LogP contribution in [0.25, 0.3) is 0 Å². The second-order valence-electron chi connectivity index (χ2n) is 9.92. The zero-order chi connectivity index (χ0) is 22.9. The number of carbonyl (C=O) groups excluding carboxylic acids is 2. The second kappa shape index (κ2) is 9.47. The van der Waals surface area contributed by atoms with E-state index in [-0.39, 0.29) is 17.9 Å². The number of hydrogen-bond donors (Lipinski definition) is 2. The molecule has 2 heterocycles. The third kappa shape index (κ3) is 4.53.